The van der Waals surface area contributed by atoms with Crippen molar-refractivity contribution in [2.75, 3.05) is 7.05 Å². The van der Waals surface area contributed by atoms with Gasteiger partial charge in [0.05, 0.1) is 10.5 Å². The molecule has 1 atom stereocenters. The fourth-order valence-corrected chi connectivity index (χ4v) is 2.56. The second kappa shape index (κ2) is 5.38. The van der Waals surface area contributed by atoms with E-state index in [9.17, 15) is 4.39 Å². The topological polar surface area (TPSA) is 25.2 Å². The lowest BCUT2D eigenvalue weighted by atomic mass is 10.0. The highest BCUT2D eigenvalue weighted by molar-refractivity contribution is 9.10. The Morgan fingerprint density at radius 1 is 1.15 bits per heavy atom. The van der Waals surface area contributed by atoms with Crippen molar-refractivity contribution in [2.45, 2.75) is 6.04 Å². The van der Waals surface area contributed by atoms with Crippen LogP contribution in [0.5, 0.6) is 0 Å². The first-order valence-corrected chi connectivity index (χ1v) is 7.09. The maximum absolute atomic E-state index is 13.7. The van der Waals surface area contributed by atoms with Crippen molar-refractivity contribution in [3.05, 3.63) is 70.1 Å². The van der Waals surface area contributed by atoms with Gasteiger partial charge < -0.3 is 9.73 Å². The van der Waals surface area contributed by atoms with Crippen LogP contribution in [0.3, 0.4) is 0 Å². The van der Waals surface area contributed by atoms with Gasteiger partial charge in [0, 0.05) is 5.39 Å². The molecule has 0 saturated carbocycles. The van der Waals surface area contributed by atoms with Gasteiger partial charge in [0.1, 0.15) is 17.2 Å². The molecule has 0 radical (unpaired) electrons. The van der Waals surface area contributed by atoms with E-state index in [1.165, 1.54) is 6.07 Å². The smallest absolute Gasteiger partial charge is 0.137 e. The third-order valence-electron chi connectivity index (χ3n) is 3.29. The van der Waals surface area contributed by atoms with Gasteiger partial charge in [-0.1, -0.05) is 24.3 Å². The summed E-state index contributed by atoms with van der Waals surface area (Å²) in [5.41, 5.74) is 1.66. The molecule has 1 heterocycles. The Morgan fingerprint density at radius 2 is 1.95 bits per heavy atom. The van der Waals surface area contributed by atoms with Crippen molar-refractivity contribution in [3.8, 4) is 0 Å². The summed E-state index contributed by atoms with van der Waals surface area (Å²) < 4.78 is 20.0. The lowest BCUT2D eigenvalue weighted by Gasteiger charge is -2.14. The molecule has 20 heavy (non-hydrogen) atoms. The first kappa shape index (κ1) is 13.3. The van der Waals surface area contributed by atoms with E-state index >= 15 is 0 Å². The number of nitrogens with one attached hydrogen (secondary N) is 1. The summed E-state index contributed by atoms with van der Waals surface area (Å²) in [6.07, 6.45) is 0. The molecule has 102 valence electrons. The van der Waals surface area contributed by atoms with Crippen LogP contribution in [0.4, 0.5) is 4.39 Å². The first-order chi connectivity index (χ1) is 9.69. The Kier molecular flexibility index (Phi) is 3.59. The lowest BCUT2D eigenvalue weighted by molar-refractivity contribution is 0.489. The van der Waals surface area contributed by atoms with Gasteiger partial charge in [-0.3, -0.25) is 0 Å². The summed E-state index contributed by atoms with van der Waals surface area (Å²) in [5, 5.41) is 4.21. The largest absolute Gasteiger partial charge is 0.459 e. The summed E-state index contributed by atoms with van der Waals surface area (Å²) in [5.74, 6) is 0.495. The fraction of sp³-hybridized carbons (Fsp3) is 0.125. The molecule has 1 unspecified atom stereocenters. The zero-order valence-electron chi connectivity index (χ0n) is 10.9. The molecule has 0 fully saturated rings. The summed E-state index contributed by atoms with van der Waals surface area (Å²) in [6, 6.07) is 14.7. The van der Waals surface area contributed by atoms with Crippen molar-refractivity contribution >= 4 is 26.9 Å². The van der Waals surface area contributed by atoms with Gasteiger partial charge in [0.15, 0.2) is 0 Å². The molecule has 3 aromatic rings. The molecule has 1 aromatic heterocycles. The van der Waals surface area contributed by atoms with Crippen molar-refractivity contribution < 1.29 is 8.81 Å². The fourth-order valence-electron chi connectivity index (χ4n) is 2.31. The van der Waals surface area contributed by atoms with E-state index in [1.54, 1.807) is 6.07 Å². The van der Waals surface area contributed by atoms with E-state index in [1.807, 2.05) is 43.4 Å². The number of hydrogen-bond donors (Lipinski definition) is 1. The average molecular weight is 334 g/mol. The van der Waals surface area contributed by atoms with Crippen LogP contribution in [0, 0.1) is 5.82 Å². The summed E-state index contributed by atoms with van der Waals surface area (Å²) in [7, 11) is 1.83. The number of furan rings is 1. The molecule has 0 aliphatic rings. The van der Waals surface area contributed by atoms with Crippen LogP contribution in [0.2, 0.25) is 0 Å². The Hall–Kier alpha value is -1.65. The molecule has 2 nitrogen and oxygen atoms in total. The Morgan fingerprint density at radius 3 is 2.65 bits per heavy atom. The third kappa shape index (κ3) is 2.37. The molecule has 0 aliphatic carbocycles. The van der Waals surface area contributed by atoms with Crippen LogP contribution in [0.15, 0.2) is 57.4 Å². The van der Waals surface area contributed by atoms with E-state index in [-0.39, 0.29) is 11.9 Å². The van der Waals surface area contributed by atoms with Gasteiger partial charge >= 0.3 is 0 Å². The number of fused-ring (bicyclic) bond motifs is 1. The van der Waals surface area contributed by atoms with Crippen molar-refractivity contribution in [1.82, 2.24) is 5.32 Å². The van der Waals surface area contributed by atoms with Gasteiger partial charge in [-0.05, 0) is 52.8 Å². The van der Waals surface area contributed by atoms with Crippen LogP contribution >= 0.6 is 15.9 Å². The van der Waals surface area contributed by atoms with Crippen molar-refractivity contribution in [1.29, 1.82) is 0 Å². The van der Waals surface area contributed by atoms with E-state index in [0.29, 0.717) is 4.47 Å². The van der Waals surface area contributed by atoms with Gasteiger partial charge in [0.2, 0.25) is 0 Å². The number of halogens is 2. The molecular weight excluding hydrogens is 321 g/mol. The molecule has 0 saturated heterocycles. The van der Waals surface area contributed by atoms with Crippen molar-refractivity contribution in [2.24, 2.45) is 0 Å². The van der Waals surface area contributed by atoms with Crippen LogP contribution in [-0.2, 0) is 0 Å². The molecule has 0 aliphatic heterocycles. The minimum atomic E-state index is -0.279. The SMILES string of the molecule is CNC(c1ccc(Br)c(F)c1)c1cc2ccccc2o1. The van der Waals surface area contributed by atoms with Crippen LogP contribution in [0.25, 0.3) is 11.0 Å². The first-order valence-electron chi connectivity index (χ1n) is 6.29. The predicted octanol–water partition coefficient (Wildman–Crippen LogP) is 4.64. The molecular formula is C16H13BrFNO. The van der Waals surface area contributed by atoms with E-state index in [4.69, 9.17) is 4.42 Å². The molecule has 0 amide bonds. The lowest BCUT2D eigenvalue weighted by Crippen LogP contribution is -2.17. The van der Waals surface area contributed by atoms with Crippen molar-refractivity contribution in [3.63, 3.8) is 0 Å². The van der Waals surface area contributed by atoms with Gasteiger partial charge in [-0.25, -0.2) is 4.39 Å². The molecule has 1 N–H and O–H groups in total. The molecule has 4 heteroatoms. The predicted molar refractivity (Wildman–Crippen MR) is 81.2 cm³/mol. The Bertz CT molecular complexity index is 720. The molecule has 0 bridgehead atoms. The zero-order valence-corrected chi connectivity index (χ0v) is 12.4. The number of benzene rings is 2. The monoisotopic (exact) mass is 333 g/mol. The average Bonchev–Trinajstić information content (AvgIpc) is 2.87. The zero-order chi connectivity index (χ0) is 14.1. The molecule has 2 aromatic carbocycles. The molecule has 3 rings (SSSR count). The van der Waals surface area contributed by atoms with E-state index < -0.39 is 0 Å². The highest BCUT2D eigenvalue weighted by atomic mass is 79.9. The van der Waals surface area contributed by atoms with Gasteiger partial charge in [-0.2, -0.15) is 0 Å². The normalized spacial score (nSPS) is 12.8. The second-order valence-electron chi connectivity index (χ2n) is 4.58. The highest BCUT2D eigenvalue weighted by Crippen LogP contribution is 2.29. The summed E-state index contributed by atoms with van der Waals surface area (Å²) >= 11 is 3.17. The number of hydrogen-bond acceptors (Lipinski definition) is 2. The standard InChI is InChI=1S/C16H13BrFNO/c1-19-16(11-6-7-12(17)13(18)8-11)15-9-10-4-2-3-5-14(10)20-15/h2-9,16,19H,1H3. The van der Waals surface area contributed by atoms with Crippen LogP contribution in [-0.4, -0.2) is 7.05 Å². The van der Waals surface area contributed by atoms with E-state index in [0.717, 1.165) is 22.3 Å². The van der Waals surface area contributed by atoms with Gasteiger partial charge in [-0.15, -0.1) is 0 Å². The quantitative estimate of drug-likeness (QED) is 0.755. The minimum absolute atomic E-state index is 0.176. The second-order valence-corrected chi connectivity index (χ2v) is 5.44. The maximum Gasteiger partial charge on any atom is 0.137 e. The number of para-hydroxylation sites is 1. The Balaban J connectivity index is 2.06. The van der Waals surface area contributed by atoms with Crippen LogP contribution in [0.1, 0.15) is 17.4 Å². The van der Waals surface area contributed by atoms with Gasteiger partial charge in [0.25, 0.3) is 0 Å². The van der Waals surface area contributed by atoms with E-state index in [2.05, 4.69) is 21.2 Å². The van der Waals surface area contributed by atoms with Crippen LogP contribution < -0.4 is 5.32 Å². The minimum Gasteiger partial charge on any atom is -0.459 e. The summed E-state index contributed by atoms with van der Waals surface area (Å²) in [6.45, 7) is 0. The Labute approximate surface area is 124 Å². The molecule has 0 spiro atoms. The third-order valence-corrected chi connectivity index (χ3v) is 3.94. The summed E-state index contributed by atoms with van der Waals surface area (Å²) in [4.78, 5) is 0. The maximum atomic E-state index is 13.7. The highest BCUT2D eigenvalue weighted by Gasteiger charge is 2.17. The number of rotatable bonds is 3.